The standard InChI is InChI=1S/C15H16N2OS/c1-5-8-17-13-7-6-12(10(2)3)9-14(13)19-15(17)16-11(4)18/h1,6-7,9-10H,8H2,2-4H3. The predicted octanol–water partition coefficient (Wildman–Crippen LogP) is 2.91. The van der Waals surface area contributed by atoms with Crippen LogP contribution in [0.3, 0.4) is 0 Å². The van der Waals surface area contributed by atoms with Crippen molar-refractivity contribution in [3.05, 3.63) is 28.6 Å². The molecule has 1 heterocycles. The van der Waals surface area contributed by atoms with Gasteiger partial charge in [-0.3, -0.25) is 4.79 Å². The van der Waals surface area contributed by atoms with E-state index in [1.807, 2.05) is 4.57 Å². The molecule has 0 aliphatic heterocycles. The Bertz CT molecular complexity index is 729. The van der Waals surface area contributed by atoms with Gasteiger partial charge < -0.3 is 4.57 Å². The molecule has 0 saturated carbocycles. The molecule has 19 heavy (non-hydrogen) atoms. The first-order chi connectivity index (χ1) is 9.02. The minimum atomic E-state index is -0.207. The number of carbonyl (C=O) groups is 1. The van der Waals surface area contributed by atoms with Gasteiger partial charge >= 0.3 is 0 Å². The summed E-state index contributed by atoms with van der Waals surface area (Å²) in [4.78, 5) is 15.9. The fourth-order valence-electron chi connectivity index (χ4n) is 1.91. The molecule has 1 aromatic carbocycles. The number of rotatable bonds is 2. The van der Waals surface area contributed by atoms with E-state index < -0.39 is 0 Å². The number of aromatic nitrogens is 1. The minimum absolute atomic E-state index is 0.207. The Morgan fingerprint density at radius 2 is 2.26 bits per heavy atom. The van der Waals surface area contributed by atoms with Crippen molar-refractivity contribution in [2.45, 2.75) is 33.2 Å². The van der Waals surface area contributed by atoms with Crippen LogP contribution >= 0.6 is 11.3 Å². The Labute approximate surface area is 116 Å². The maximum absolute atomic E-state index is 11.2. The molecule has 0 unspecified atom stereocenters. The summed E-state index contributed by atoms with van der Waals surface area (Å²) < 4.78 is 3.02. The zero-order valence-corrected chi connectivity index (χ0v) is 12.1. The molecule has 4 heteroatoms. The van der Waals surface area contributed by atoms with Gasteiger partial charge in [-0.1, -0.05) is 37.2 Å². The smallest absolute Gasteiger partial charge is 0.245 e. The lowest BCUT2D eigenvalue weighted by Crippen LogP contribution is -2.15. The second-order valence-corrected chi connectivity index (χ2v) is 5.70. The molecule has 1 aromatic heterocycles. The van der Waals surface area contributed by atoms with Crippen LogP contribution in [0.15, 0.2) is 23.2 Å². The Morgan fingerprint density at radius 3 is 2.84 bits per heavy atom. The molecular formula is C15H16N2OS. The maximum atomic E-state index is 11.2. The van der Waals surface area contributed by atoms with Gasteiger partial charge in [-0.15, -0.1) is 6.42 Å². The van der Waals surface area contributed by atoms with Gasteiger partial charge in [0.25, 0.3) is 0 Å². The largest absolute Gasteiger partial charge is 0.305 e. The van der Waals surface area contributed by atoms with E-state index in [0.29, 0.717) is 17.3 Å². The number of amides is 1. The van der Waals surface area contributed by atoms with E-state index in [-0.39, 0.29) is 5.91 Å². The molecule has 0 aliphatic rings. The molecule has 3 nitrogen and oxygen atoms in total. The average Bonchev–Trinajstić information content (AvgIpc) is 2.66. The zero-order valence-electron chi connectivity index (χ0n) is 11.3. The lowest BCUT2D eigenvalue weighted by Gasteiger charge is -2.05. The Balaban J connectivity index is 2.73. The van der Waals surface area contributed by atoms with Crippen LogP contribution in [-0.2, 0) is 11.3 Å². The lowest BCUT2D eigenvalue weighted by molar-refractivity contribution is -0.116. The number of hydrogen-bond donors (Lipinski definition) is 0. The first-order valence-electron chi connectivity index (χ1n) is 6.15. The number of benzene rings is 1. The first-order valence-corrected chi connectivity index (χ1v) is 6.96. The molecule has 0 fully saturated rings. The van der Waals surface area contributed by atoms with Crippen LogP contribution in [0.25, 0.3) is 10.2 Å². The molecule has 0 saturated heterocycles. The van der Waals surface area contributed by atoms with Gasteiger partial charge in [0.15, 0.2) is 4.80 Å². The van der Waals surface area contributed by atoms with Crippen LogP contribution in [0.1, 0.15) is 32.3 Å². The summed E-state index contributed by atoms with van der Waals surface area (Å²) in [6, 6.07) is 6.30. The van der Waals surface area contributed by atoms with Crippen molar-refractivity contribution in [3.63, 3.8) is 0 Å². The van der Waals surface area contributed by atoms with Gasteiger partial charge in [0, 0.05) is 6.92 Å². The summed E-state index contributed by atoms with van der Waals surface area (Å²) >= 11 is 1.50. The van der Waals surface area contributed by atoms with E-state index in [1.54, 1.807) is 0 Å². The highest BCUT2D eigenvalue weighted by Gasteiger charge is 2.08. The number of fused-ring (bicyclic) bond motifs is 1. The number of thiazole rings is 1. The van der Waals surface area contributed by atoms with Crippen molar-refractivity contribution in [2.24, 2.45) is 4.99 Å². The molecule has 0 atom stereocenters. The topological polar surface area (TPSA) is 34.4 Å². The molecule has 2 rings (SSSR count). The van der Waals surface area contributed by atoms with Crippen LogP contribution in [0.5, 0.6) is 0 Å². The van der Waals surface area contributed by atoms with Crippen molar-refractivity contribution in [1.82, 2.24) is 4.57 Å². The fraction of sp³-hybridized carbons (Fsp3) is 0.333. The number of terminal acetylenes is 1. The predicted molar refractivity (Wildman–Crippen MR) is 79.0 cm³/mol. The summed E-state index contributed by atoms with van der Waals surface area (Å²) in [6.45, 7) is 6.19. The van der Waals surface area contributed by atoms with Gasteiger partial charge in [0.1, 0.15) is 0 Å². The van der Waals surface area contributed by atoms with Crippen molar-refractivity contribution < 1.29 is 4.79 Å². The number of nitrogens with zero attached hydrogens (tertiary/aromatic N) is 2. The third-order valence-corrected chi connectivity index (χ3v) is 3.92. The van der Waals surface area contributed by atoms with Gasteiger partial charge in [0.2, 0.25) is 5.91 Å². The Kier molecular flexibility index (Phi) is 3.87. The highest BCUT2D eigenvalue weighted by molar-refractivity contribution is 7.16. The van der Waals surface area contributed by atoms with Crippen molar-refractivity contribution in [1.29, 1.82) is 0 Å². The SMILES string of the molecule is C#CCn1c(=NC(C)=O)sc2cc(C(C)C)ccc21. The van der Waals surface area contributed by atoms with Gasteiger partial charge in [-0.25, -0.2) is 0 Å². The molecule has 0 aliphatic carbocycles. The van der Waals surface area contributed by atoms with Crippen LogP contribution in [0, 0.1) is 12.3 Å². The second-order valence-electron chi connectivity index (χ2n) is 4.69. The molecular weight excluding hydrogens is 256 g/mol. The third kappa shape index (κ3) is 2.77. The molecule has 1 amide bonds. The Hall–Kier alpha value is -1.86. The van der Waals surface area contributed by atoms with E-state index in [1.165, 1.54) is 23.8 Å². The van der Waals surface area contributed by atoms with E-state index >= 15 is 0 Å². The molecule has 2 aromatic rings. The Morgan fingerprint density at radius 1 is 1.53 bits per heavy atom. The van der Waals surface area contributed by atoms with Gasteiger partial charge in [0.05, 0.1) is 16.8 Å². The van der Waals surface area contributed by atoms with Crippen molar-refractivity contribution in [2.75, 3.05) is 0 Å². The summed E-state index contributed by atoms with van der Waals surface area (Å²) in [6.07, 6.45) is 5.40. The monoisotopic (exact) mass is 272 g/mol. The maximum Gasteiger partial charge on any atom is 0.245 e. The summed E-state index contributed by atoms with van der Waals surface area (Å²) in [5.74, 6) is 2.88. The van der Waals surface area contributed by atoms with Crippen molar-refractivity contribution in [3.8, 4) is 12.3 Å². The highest BCUT2D eigenvalue weighted by atomic mass is 32.1. The van der Waals surface area contributed by atoms with Crippen LogP contribution < -0.4 is 4.80 Å². The summed E-state index contributed by atoms with van der Waals surface area (Å²) in [7, 11) is 0. The van der Waals surface area contributed by atoms with E-state index in [0.717, 1.165) is 10.2 Å². The van der Waals surface area contributed by atoms with Crippen LogP contribution in [0.2, 0.25) is 0 Å². The summed E-state index contributed by atoms with van der Waals surface area (Å²) in [5, 5.41) is 0. The van der Waals surface area contributed by atoms with E-state index in [4.69, 9.17) is 6.42 Å². The lowest BCUT2D eigenvalue weighted by atomic mass is 10.0. The van der Waals surface area contributed by atoms with E-state index in [2.05, 4.69) is 43.0 Å². The minimum Gasteiger partial charge on any atom is -0.305 e. The third-order valence-electron chi connectivity index (χ3n) is 2.88. The highest BCUT2D eigenvalue weighted by Crippen LogP contribution is 2.23. The molecule has 98 valence electrons. The van der Waals surface area contributed by atoms with Crippen LogP contribution in [-0.4, -0.2) is 10.5 Å². The van der Waals surface area contributed by atoms with Gasteiger partial charge in [-0.2, -0.15) is 4.99 Å². The molecule has 0 spiro atoms. The quantitative estimate of drug-likeness (QED) is 0.774. The van der Waals surface area contributed by atoms with E-state index in [9.17, 15) is 4.79 Å². The summed E-state index contributed by atoms with van der Waals surface area (Å²) in [5.41, 5.74) is 2.31. The zero-order chi connectivity index (χ0) is 14.0. The first kappa shape index (κ1) is 13.6. The molecule has 0 bridgehead atoms. The number of carbonyl (C=O) groups excluding carboxylic acids is 1. The molecule has 0 radical (unpaired) electrons. The van der Waals surface area contributed by atoms with Gasteiger partial charge in [-0.05, 0) is 23.6 Å². The average molecular weight is 272 g/mol. The van der Waals surface area contributed by atoms with Crippen LogP contribution in [0.4, 0.5) is 0 Å². The van der Waals surface area contributed by atoms with Crippen molar-refractivity contribution >= 4 is 27.5 Å². The fourth-order valence-corrected chi connectivity index (χ4v) is 3.03. The second kappa shape index (κ2) is 5.41. The normalized spacial score (nSPS) is 12.1. The molecule has 0 N–H and O–H groups in total. The number of hydrogen-bond acceptors (Lipinski definition) is 2.